The number of methoxy groups -OCH3 is 1. The summed E-state index contributed by atoms with van der Waals surface area (Å²) in [5, 5.41) is 4.00. The molecule has 0 aliphatic carbocycles. The van der Waals surface area contributed by atoms with Crippen LogP contribution in [0, 0.1) is 0 Å². The topological polar surface area (TPSA) is 48.0 Å². The zero-order valence-corrected chi connectivity index (χ0v) is 14.5. The van der Waals surface area contributed by atoms with Crippen LogP contribution < -0.4 is 14.2 Å². The summed E-state index contributed by atoms with van der Waals surface area (Å²) in [7, 11) is 1.59. The third kappa shape index (κ3) is 4.20. The number of amides is 1. The van der Waals surface area contributed by atoms with E-state index in [1.54, 1.807) is 24.5 Å². The van der Waals surface area contributed by atoms with Crippen molar-refractivity contribution in [1.29, 1.82) is 0 Å². The standard InChI is InChI=1S/C18H21NO4S/c1-21-16-4-2-3-5-17(16)22-12-18(20)19-9-6-14(7-10-19)23-15-8-11-24-13-15/h2-5,8,11,13-14H,6-7,9-10,12H2,1H3. The summed E-state index contributed by atoms with van der Waals surface area (Å²) in [5.41, 5.74) is 0. The van der Waals surface area contributed by atoms with Gasteiger partial charge in [-0.3, -0.25) is 4.79 Å². The van der Waals surface area contributed by atoms with Crippen molar-refractivity contribution in [3.05, 3.63) is 41.1 Å². The molecule has 3 rings (SSSR count). The van der Waals surface area contributed by atoms with E-state index in [0.29, 0.717) is 24.6 Å². The van der Waals surface area contributed by atoms with Crippen LogP contribution in [0.2, 0.25) is 0 Å². The summed E-state index contributed by atoms with van der Waals surface area (Å²) >= 11 is 1.62. The first kappa shape index (κ1) is 16.6. The minimum atomic E-state index is -0.00473. The molecule has 1 aromatic carbocycles. The minimum Gasteiger partial charge on any atom is -0.493 e. The maximum Gasteiger partial charge on any atom is 0.260 e. The number of hydrogen-bond acceptors (Lipinski definition) is 5. The van der Waals surface area contributed by atoms with Crippen LogP contribution in [0.4, 0.5) is 0 Å². The Morgan fingerprint density at radius 2 is 1.96 bits per heavy atom. The van der Waals surface area contributed by atoms with Gasteiger partial charge in [0.2, 0.25) is 0 Å². The molecule has 128 valence electrons. The molecule has 2 aromatic rings. The van der Waals surface area contributed by atoms with Crippen molar-refractivity contribution < 1.29 is 19.0 Å². The SMILES string of the molecule is COc1ccccc1OCC(=O)N1CCC(Oc2ccsc2)CC1. The van der Waals surface area contributed by atoms with E-state index in [-0.39, 0.29) is 18.6 Å². The second-order valence-electron chi connectivity index (χ2n) is 5.60. The van der Waals surface area contributed by atoms with Crippen LogP contribution in [-0.2, 0) is 4.79 Å². The summed E-state index contributed by atoms with van der Waals surface area (Å²) in [5.74, 6) is 2.14. The van der Waals surface area contributed by atoms with E-state index < -0.39 is 0 Å². The van der Waals surface area contributed by atoms with Gasteiger partial charge in [-0.25, -0.2) is 0 Å². The average molecular weight is 347 g/mol. The number of benzene rings is 1. The van der Waals surface area contributed by atoms with Crippen molar-refractivity contribution in [1.82, 2.24) is 4.90 Å². The monoisotopic (exact) mass is 347 g/mol. The van der Waals surface area contributed by atoms with Crippen molar-refractivity contribution in [3.8, 4) is 17.2 Å². The quantitative estimate of drug-likeness (QED) is 0.805. The number of piperidine rings is 1. The third-order valence-corrected chi connectivity index (χ3v) is 4.67. The first-order valence-electron chi connectivity index (χ1n) is 7.98. The minimum absolute atomic E-state index is 0.00473. The maximum atomic E-state index is 12.3. The molecule has 0 N–H and O–H groups in total. The van der Waals surface area contributed by atoms with Crippen LogP contribution in [-0.4, -0.2) is 43.7 Å². The third-order valence-electron chi connectivity index (χ3n) is 4.01. The molecule has 0 spiro atoms. The van der Waals surface area contributed by atoms with Crippen LogP contribution in [0.3, 0.4) is 0 Å². The van der Waals surface area contributed by atoms with E-state index >= 15 is 0 Å². The van der Waals surface area contributed by atoms with Crippen molar-refractivity contribution in [2.75, 3.05) is 26.8 Å². The lowest BCUT2D eigenvalue weighted by atomic mass is 10.1. The van der Waals surface area contributed by atoms with E-state index in [4.69, 9.17) is 14.2 Å². The van der Waals surface area contributed by atoms with Crippen molar-refractivity contribution >= 4 is 17.2 Å². The van der Waals surface area contributed by atoms with E-state index in [2.05, 4.69) is 0 Å². The summed E-state index contributed by atoms with van der Waals surface area (Å²) in [6, 6.07) is 9.31. The molecule has 1 aliphatic heterocycles. The Balaban J connectivity index is 1.45. The van der Waals surface area contributed by atoms with Crippen LogP contribution >= 0.6 is 11.3 Å². The molecular weight excluding hydrogens is 326 g/mol. The Labute approximate surface area is 145 Å². The Morgan fingerprint density at radius 3 is 2.62 bits per heavy atom. The van der Waals surface area contributed by atoms with Crippen LogP contribution in [0.15, 0.2) is 41.1 Å². The van der Waals surface area contributed by atoms with Crippen molar-refractivity contribution in [3.63, 3.8) is 0 Å². The summed E-state index contributed by atoms with van der Waals surface area (Å²) < 4.78 is 16.7. The van der Waals surface area contributed by atoms with E-state index in [1.165, 1.54) is 0 Å². The van der Waals surface area contributed by atoms with Crippen molar-refractivity contribution in [2.45, 2.75) is 18.9 Å². The fourth-order valence-electron chi connectivity index (χ4n) is 2.70. The van der Waals surface area contributed by atoms with Crippen LogP contribution in [0.1, 0.15) is 12.8 Å². The second-order valence-corrected chi connectivity index (χ2v) is 6.38. The van der Waals surface area contributed by atoms with E-state index in [1.807, 2.05) is 39.9 Å². The molecule has 24 heavy (non-hydrogen) atoms. The predicted octanol–water partition coefficient (Wildman–Crippen LogP) is 3.21. The molecule has 2 heterocycles. The van der Waals surface area contributed by atoms with E-state index in [0.717, 1.165) is 18.6 Å². The highest BCUT2D eigenvalue weighted by Crippen LogP contribution is 2.26. The van der Waals surface area contributed by atoms with Crippen molar-refractivity contribution in [2.24, 2.45) is 0 Å². The number of carbonyl (C=O) groups is 1. The first-order chi connectivity index (χ1) is 11.8. The normalized spacial score (nSPS) is 15.1. The van der Waals surface area contributed by atoms with Gasteiger partial charge in [0.1, 0.15) is 11.9 Å². The fourth-order valence-corrected chi connectivity index (χ4v) is 3.26. The highest BCUT2D eigenvalue weighted by Gasteiger charge is 2.24. The Kier molecular flexibility index (Phi) is 5.59. The lowest BCUT2D eigenvalue weighted by molar-refractivity contribution is -0.135. The molecule has 1 amide bonds. The number of thiophene rings is 1. The van der Waals surface area contributed by atoms with E-state index in [9.17, 15) is 4.79 Å². The molecule has 1 fully saturated rings. The van der Waals surface area contributed by atoms with Gasteiger partial charge in [0.15, 0.2) is 18.1 Å². The summed E-state index contributed by atoms with van der Waals surface area (Å²) in [4.78, 5) is 14.2. The molecule has 0 saturated carbocycles. The zero-order valence-electron chi connectivity index (χ0n) is 13.6. The van der Waals surface area contributed by atoms with Crippen LogP contribution in [0.25, 0.3) is 0 Å². The smallest absolute Gasteiger partial charge is 0.260 e. The summed E-state index contributed by atoms with van der Waals surface area (Å²) in [6.45, 7) is 1.42. The van der Waals surface area contributed by atoms with Gasteiger partial charge >= 0.3 is 0 Å². The summed E-state index contributed by atoms with van der Waals surface area (Å²) in [6.07, 6.45) is 1.87. The number of hydrogen-bond donors (Lipinski definition) is 0. The number of ether oxygens (including phenoxy) is 3. The molecule has 5 nitrogen and oxygen atoms in total. The number of carbonyl (C=O) groups excluding carboxylic acids is 1. The molecule has 0 unspecified atom stereocenters. The maximum absolute atomic E-state index is 12.3. The number of likely N-dealkylation sites (tertiary alicyclic amines) is 1. The van der Waals surface area contributed by atoms with Gasteiger partial charge < -0.3 is 19.1 Å². The van der Waals surface area contributed by atoms with Gasteiger partial charge in [0.25, 0.3) is 5.91 Å². The van der Waals surface area contributed by atoms with Crippen LogP contribution in [0.5, 0.6) is 17.2 Å². The molecular formula is C18H21NO4S. The predicted molar refractivity (Wildman–Crippen MR) is 93.0 cm³/mol. The fraction of sp³-hybridized carbons (Fsp3) is 0.389. The van der Waals surface area contributed by atoms with Gasteiger partial charge in [-0.05, 0) is 23.6 Å². The molecule has 1 aliphatic rings. The Hall–Kier alpha value is -2.21. The largest absolute Gasteiger partial charge is 0.493 e. The molecule has 6 heteroatoms. The van der Waals surface area contributed by atoms with Gasteiger partial charge in [-0.15, -0.1) is 11.3 Å². The zero-order chi connectivity index (χ0) is 16.8. The second kappa shape index (κ2) is 8.06. The molecule has 0 radical (unpaired) electrons. The van der Waals surface area contributed by atoms with Gasteiger partial charge in [-0.2, -0.15) is 0 Å². The number of nitrogens with zero attached hydrogens (tertiary/aromatic N) is 1. The number of para-hydroxylation sites is 2. The highest BCUT2D eigenvalue weighted by molar-refractivity contribution is 7.08. The van der Waals surface area contributed by atoms with Gasteiger partial charge in [0, 0.05) is 31.3 Å². The molecule has 1 aromatic heterocycles. The molecule has 0 atom stereocenters. The Bertz CT molecular complexity index is 651. The number of rotatable bonds is 6. The first-order valence-corrected chi connectivity index (χ1v) is 8.93. The molecule has 0 bridgehead atoms. The average Bonchev–Trinajstić information content (AvgIpc) is 3.13. The highest BCUT2D eigenvalue weighted by atomic mass is 32.1. The lowest BCUT2D eigenvalue weighted by Crippen LogP contribution is -2.43. The molecule has 1 saturated heterocycles. The Morgan fingerprint density at radius 1 is 1.21 bits per heavy atom. The lowest BCUT2D eigenvalue weighted by Gasteiger charge is -2.32. The van der Waals surface area contributed by atoms with Gasteiger partial charge in [-0.1, -0.05) is 12.1 Å². The van der Waals surface area contributed by atoms with Gasteiger partial charge in [0.05, 0.1) is 7.11 Å².